The Morgan fingerprint density at radius 2 is 1.50 bits per heavy atom. The molecule has 0 aromatic heterocycles. The van der Waals surface area contributed by atoms with E-state index >= 15 is 0 Å². The molecule has 0 radical (unpaired) electrons. The summed E-state index contributed by atoms with van der Waals surface area (Å²) in [7, 11) is -2.65. The van der Waals surface area contributed by atoms with Crippen LogP contribution in [0, 0.1) is 6.92 Å². The standard InChI is InChI=1S/C38H45N3O6S/c1-6-29(4)39-38(43)36(25-30-12-9-8-10-13-30)40(26-31-14-11-15-34(24-31)46-5)37(42)27-41(32-18-20-33(21-19-32)47-7-2)48(44,45)35-22-16-28(3)17-23-35/h8-24,29,36H,6-7,25-27H2,1-5H3,(H,39,43). The monoisotopic (exact) mass is 671 g/mol. The highest BCUT2D eigenvalue weighted by molar-refractivity contribution is 7.92. The lowest BCUT2D eigenvalue weighted by Crippen LogP contribution is -2.54. The Balaban J connectivity index is 1.82. The number of anilines is 1. The van der Waals surface area contributed by atoms with E-state index in [1.807, 2.05) is 70.2 Å². The smallest absolute Gasteiger partial charge is 0.264 e. The van der Waals surface area contributed by atoms with Gasteiger partial charge in [-0.05, 0) is 86.8 Å². The molecule has 0 aliphatic carbocycles. The van der Waals surface area contributed by atoms with Gasteiger partial charge in [-0.25, -0.2) is 8.42 Å². The zero-order valence-electron chi connectivity index (χ0n) is 28.3. The number of rotatable bonds is 16. The zero-order chi connectivity index (χ0) is 34.7. The van der Waals surface area contributed by atoms with Gasteiger partial charge in [-0.15, -0.1) is 0 Å². The van der Waals surface area contributed by atoms with Crippen LogP contribution in [0.5, 0.6) is 11.5 Å². The second-order valence-electron chi connectivity index (χ2n) is 11.6. The van der Waals surface area contributed by atoms with Gasteiger partial charge in [-0.1, -0.05) is 67.1 Å². The molecule has 2 atom stereocenters. The van der Waals surface area contributed by atoms with Gasteiger partial charge in [0.15, 0.2) is 0 Å². The molecule has 0 bridgehead atoms. The van der Waals surface area contributed by atoms with Crippen molar-refractivity contribution >= 4 is 27.5 Å². The third-order valence-corrected chi connectivity index (χ3v) is 9.87. The lowest BCUT2D eigenvalue weighted by atomic mass is 10.0. The SMILES string of the molecule is CCOc1ccc(N(CC(=O)N(Cc2cccc(OC)c2)C(Cc2ccccc2)C(=O)NC(C)CC)S(=O)(=O)c2ccc(C)cc2)cc1. The zero-order valence-corrected chi connectivity index (χ0v) is 29.1. The largest absolute Gasteiger partial charge is 0.497 e. The Bertz CT molecular complexity index is 1750. The minimum absolute atomic E-state index is 0.0448. The van der Waals surface area contributed by atoms with Gasteiger partial charge in [-0.3, -0.25) is 13.9 Å². The molecular formula is C38H45N3O6S. The van der Waals surface area contributed by atoms with Crippen LogP contribution < -0.4 is 19.1 Å². The van der Waals surface area contributed by atoms with Gasteiger partial charge < -0.3 is 19.7 Å². The molecule has 0 saturated carbocycles. The van der Waals surface area contributed by atoms with Crippen molar-refractivity contribution in [1.82, 2.24) is 10.2 Å². The summed E-state index contributed by atoms with van der Waals surface area (Å²) in [5.74, 6) is 0.312. The fourth-order valence-corrected chi connectivity index (χ4v) is 6.62. The van der Waals surface area contributed by atoms with Gasteiger partial charge in [0.2, 0.25) is 11.8 Å². The summed E-state index contributed by atoms with van der Waals surface area (Å²) < 4.78 is 40.6. The topological polar surface area (TPSA) is 105 Å². The van der Waals surface area contributed by atoms with E-state index in [2.05, 4.69) is 5.32 Å². The number of hydrogen-bond acceptors (Lipinski definition) is 6. The van der Waals surface area contributed by atoms with Crippen molar-refractivity contribution in [3.8, 4) is 11.5 Å². The average Bonchev–Trinajstić information content (AvgIpc) is 3.09. The molecule has 10 heteroatoms. The molecule has 4 aromatic carbocycles. The van der Waals surface area contributed by atoms with Crippen LogP contribution in [0.2, 0.25) is 0 Å². The molecule has 2 unspecified atom stereocenters. The quantitative estimate of drug-likeness (QED) is 0.153. The third-order valence-electron chi connectivity index (χ3n) is 8.08. The van der Waals surface area contributed by atoms with Gasteiger partial charge in [0.25, 0.3) is 10.0 Å². The summed E-state index contributed by atoms with van der Waals surface area (Å²) in [6, 6.07) is 28.8. The Kier molecular flexibility index (Phi) is 12.6. The number of benzene rings is 4. The van der Waals surface area contributed by atoms with Crippen LogP contribution in [0.25, 0.3) is 0 Å². The molecule has 0 heterocycles. The summed E-state index contributed by atoms with van der Waals surface area (Å²) in [6.45, 7) is 7.57. The van der Waals surface area contributed by atoms with Gasteiger partial charge in [0.1, 0.15) is 24.1 Å². The second kappa shape index (κ2) is 16.8. The number of carbonyl (C=O) groups excluding carboxylic acids is 2. The van der Waals surface area contributed by atoms with Crippen molar-refractivity contribution in [3.63, 3.8) is 0 Å². The van der Waals surface area contributed by atoms with E-state index in [9.17, 15) is 18.0 Å². The van der Waals surface area contributed by atoms with E-state index in [-0.39, 0.29) is 35.5 Å². The Morgan fingerprint density at radius 3 is 2.12 bits per heavy atom. The molecule has 4 aromatic rings. The Morgan fingerprint density at radius 1 is 0.833 bits per heavy atom. The van der Waals surface area contributed by atoms with E-state index < -0.39 is 28.5 Å². The molecule has 0 aliphatic heterocycles. The molecule has 0 saturated heterocycles. The lowest BCUT2D eigenvalue weighted by molar-refractivity contribution is -0.140. The van der Waals surface area contributed by atoms with Crippen molar-refractivity contribution in [2.75, 3.05) is 24.6 Å². The molecule has 0 fully saturated rings. The van der Waals surface area contributed by atoms with Crippen LogP contribution in [0.3, 0.4) is 0 Å². The summed E-state index contributed by atoms with van der Waals surface area (Å²) in [5.41, 5.74) is 2.78. The number of aryl methyl sites for hydroxylation is 1. The molecule has 0 spiro atoms. The van der Waals surface area contributed by atoms with Crippen LogP contribution in [-0.2, 0) is 32.6 Å². The summed E-state index contributed by atoms with van der Waals surface area (Å²) in [6.07, 6.45) is 0.931. The first-order chi connectivity index (χ1) is 23.0. The third kappa shape index (κ3) is 9.38. The number of methoxy groups -OCH3 is 1. The normalized spacial score (nSPS) is 12.4. The maximum absolute atomic E-state index is 14.7. The first kappa shape index (κ1) is 36.0. The van der Waals surface area contributed by atoms with Gasteiger partial charge in [-0.2, -0.15) is 0 Å². The molecule has 1 N–H and O–H groups in total. The molecule has 9 nitrogen and oxygen atoms in total. The molecule has 2 amide bonds. The highest BCUT2D eigenvalue weighted by Gasteiger charge is 2.35. The second-order valence-corrected chi connectivity index (χ2v) is 13.5. The van der Waals surface area contributed by atoms with Crippen LogP contribution in [0.1, 0.15) is 43.9 Å². The first-order valence-corrected chi connectivity index (χ1v) is 17.6. The summed E-state index contributed by atoms with van der Waals surface area (Å²) in [5, 5.41) is 3.05. The van der Waals surface area contributed by atoms with Crippen LogP contribution >= 0.6 is 0 Å². The number of nitrogens with zero attached hydrogens (tertiary/aromatic N) is 2. The van der Waals surface area contributed by atoms with E-state index in [1.165, 1.54) is 17.0 Å². The summed E-state index contributed by atoms with van der Waals surface area (Å²) in [4.78, 5) is 30.2. The number of ether oxygens (including phenoxy) is 2. The van der Waals surface area contributed by atoms with E-state index in [0.29, 0.717) is 24.5 Å². The van der Waals surface area contributed by atoms with Crippen molar-refractivity contribution in [1.29, 1.82) is 0 Å². The maximum Gasteiger partial charge on any atom is 0.264 e. The molecule has 4 rings (SSSR count). The van der Waals surface area contributed by atoms with Gasteiger partial charge >= 0.3 is 0 Å². The average molecular weight is 672 g/mol. The van der Waals surface area contributed by atoms with Crippen LogP contribution in [-0.4, -0.2) is 57.5 Å². The lowest BCUT2D eigenvalue weighted by Gasteiger charge is -2.34. The Labute approximate surface area is 284 Å². The van der Waals surface area contributed by atoms with Crippen molar-refractivity contribution in [2.45, 2.75) is 64.1 Å². The number of carbonyl (C=O) groups is 2. The molecule has 48 heavy (non-hydrogen) atoms. The minimum Gasteiger partial charge on any atom is -0.497 e. The highest BCUT2D eigenvalue weighted by Crippen LogP contribution is 2.27. The van der Waals surface area contributed by atoms with Crippen molar-refractivity contribution < 1.29 is 27.5 Å². The van der Waals surface area contributed by atoms with E-state index in [4.69, 9.17) is 9.47 Å². The number of hydrogen-bond donors (Lipinski definition) is 1. The van der Waals surface area contributed by atoms with Crippen LogP contribution in [0.4, 0.5) is 5.69 Å². The Hall–Kier alpha value is -4.83. The summed E-state index contributed by atoms with van der Waals surface area (Å²) >= 11 is 0. The van der Waals surface area contributed by atoms with E-state index in [1.54, 1.807) is 55.6 Å². The highest BCUT2D eigenvalue weighted by atomic mass is 32.2. The number of nitrogens with one attached hydrogen (secondary N) is 1. The number of sulfonamides is 1. The predicted molar refractivity (Wildman–Crippen MR) is 189 cm³/mol. The molecule has 0 aliphatic rings. The fraction of sp³-hybridized carbons (Fsp3) is 0.316. The van der Waals surface area contributed by atoms with Crippen molar-refractivity contribution in [2.24, 2.45) is 0 Å². The van der Waals surface area contributed by atoms with E-state index in [0.717, 1.165) is 21.0 Å². The predicted octanol–water partition coefficient (Wildman–Crippen LogP) is 6.15. The molecular weight excluding hydrogens is 627 g/mol. The first-order valence-electron chi connectivity index (χ1n) is 16.1. The van der Waals surface area contributed by atoms with Crippen molar-refractivity contribution in [3.05, 3.63) is 120 Å². The van der Waals surface area contributed by atoms with Crippen LogP contribution in [0.15, 0.2) is 108 Å². The van der Waals surface area contributed by atoms with Gasteiger partial charge in [0.05, 0.1) is 24.3 Å². The van der Waals surface area contributed by atoms with Gasteiger partial charge in [0, 0.05) is 19.0 Å². The fourth-order valence-electron chi connectivity index (χ4n) is 5.20. The minimum atomic E-state index is -4.21. The number of amides is 2. The molecule has 254 valence electrons. The maximum atomic E-state index is 14.7.